The Morgan fingerprint density at radius 1 is 1.02 bits per heavy atom. The van der Waals surface area contributed by atoms with Crippen molar-refractivity contribution in [3.63, 3.8) is 0 Å². The molecule has 6 N–H and O–H groups in total. The van der Waals surface area contributed by atoms with Crippen LogP contribution in [-0.2, 0) is 10.2 Å². The number of hydrogen-bond acceptors (Lipinski definition) is 9. The van der Waals surface area contributed by atoms with Crippen LogP contribution in [0.25, 0.3) is 0 Å². The summed E-state index contributed by atoms with van der Waals surface area (Å²) in [5.41, 5.74) is 1.00. The van der Waals surface area contributed by atoms with E-state index in [4.69, 9.17) is 9.15 Å². The van der Waals surface area contributed by atoms with E-state index in [-0.39, 0.29) is 30.3 Å². The molecule has 1 aromatic rings. The van der Waals surface area contributed by atoms with E-state index < -0.39 is 53.9 Å². The molecule has 1 aliphatic heterocycles. The smallest absolute Gasteiger partial charge is 0.345 e. The summed E-state index contributed by atoms with van der Waals surface area (Å²) in [5, 5.41) is 62.1. The average molecular weight is 701 g/mol. The molecule has 50 heavy (non-hydrogen) atoms. The zero-order valence-corrected chi connectivity index (χ0v) is 31.7. The summed E-state index contributed by atoms with van der Waals surface area (Å²) in [5.74, 6) is 0.947. The summed E-state index contributed by atoms with van der Waals surface area (Å²) in [7, 11) is 0. The maximum atomic E-state index is 13.0. The van der Waals surface area contributed by atoms with Gasteiger partial charge in [0.2, 0.25) is 0 Å². The molecule has 0 aliphatic carbocycles. The molecule has 0 radical (unpaired) electrons. The zero-order valence-electron chi connectivity index (χ0n) is 31.7. The van der Waals surface area contributed by atoms with Gasteiger partial charge in [0.15, 0.2) is 0 Å². The second kappa shape index (κ2) is 20.3. The lowest BCUT2D eigenvalue weighted by molar-refractivity contribution is -0.180. The van der Waals surface area contributed by atoms with Crippen molar-refractivity contribution in [2.24, 2.45) is 23.7 Å². The molecule has 9 atom stereocenters. The highest BCUT2D eigenvalue weighted by Gasteiger charge is 2.41. The number of rotatable bonds is 18. The number of allylic oxidation sites excluding steroid dienone is 8. The third-order valence-electron chi connectivity index (χ3n) is 9.76. The first-order valence-electron chi connectivity index (χ1n) is 18.1. The van der Waals surface area contributed by atoms with Gasteiger partial charge in [-0.3, -0.25) is 0 Å². The maximum absolute atomic E-state index is 13.0. The fraction of sp³-hybridized carbons (Fsp3) is 0.634. The number of aliphatic hydroxyl groups is 5. The second-order valence-electron chi connectivity index (χ2n) is 15.3. The van der Waals surface area contributed by atoms with E-state index in [0.717, 1.165) is 31.3 Å². The first-order chi connectivity index (χ1) is 23.4. The van der Waals surface area contributed by atoms with Crippen molar-refractivity contribution in [1.82, 2.24) is 0 Å². The van der Waals surface area contributed by atoms with Gasteiger partial charge in [-0.1, -0.05) is 93.4 Å². The van der Waals surface area contributed by atoms with E-state index in [2.05, 4.69) is 65.8 Å². The molecule has 1 aliphatic rings. The fourth-order valence-electron chi connectivity index (χ4n) is 6.62. The number of ether oxygens (including phenoxy) is 1. The molecule has 1 fully saturated rings. The van der Waals surface area contributed by atoms with Gasteiger partial charge in [0.05, 0.1) is 30.3 Å². The normalized spacial score (nSPS) is 24.5. The molecule has 0 bridgehead atoms. The Labute approximate surface area is 299 Å². The Hall–Kier alpha value is -2.79. The van der Waals surface area contributed by atoms with E-state index in [9.17, 15) is 35.4 Å². The van der Waals surface area contributed by atoms with E-state index >= 15 is 0 Å². The molecule has 282 valence electrons. The first kappa shape index (κ1) is 43.4. The van der Waals surface area contributed by atoms with Crippen LogP contribution in [0.1, 0.15) is 112 Å². The van der Waals surface area contributed by atoms with Crippen LogP contribution in [0.4, 0.5) is 0 Å². The van der Waals surface area contributed by atoms with Crippen molar-refractivity contribution in [3.05, 3.63) is 87.1 Å². The van der Waals surface area contributed by atoms with E-state index in [1.165, 1.54) is 17.2 Å². The third-order valence-corrected chi connectivity index (χ3v) is 9.76. The maximum Gasteiger partial charge on any atom is 0.345 e. The zero-order chi connectivity index (χ0) is 37.8. The summed E-state index contributed by atoms with van der Waals surface area (Å²) in [4.78, 5) is 13.0. The standard InChI is InChI=1S/C41H64O9/c1-10-25(2)16-26(3)12-11-13-27(4)17-29(6)18-30(7)20-31(23-42)19-28(5)14-15-35(46)41(8,9)36-22-33(44)37(40(48)50-36)39-38(47)34(45)21-32(24-43)49-39/h11-16,19,22,25,29-32,34-35,38-39,42-47H,10,17-18,20-21,23-24H2,1-9H3/b12-11+,15-14+,26-16+,27-13+,28-19+. The van der Waals surface area contributed by atoms with Gasteiger partial charge in [0, 0.05) is 25.0 Å². The van der Waals surface area contributed by atoms with Gasteiger partial charge in [0.25, 0.3) is 0 Å². The molecule has 9 heteroatoms. The van der Waals surface area contributed by atoms with E-state index in [1.54, 1.807) is 26.0 Å². The van der Waals surface area contributed by atoms with Gasteiger partial charge >= 0.3 is 5.63 Å². The van der Waals surface area contributed by atoms with Crippen LogP contribution in [0.15, 0.2) is 74.5 Å². The predicted octanol–water partition coefficient (Wildman–Crippen LogP) is 6.58. The Morgan fingerprint density at radius 3 is 2.28 bits per heavy atom. The average Bonchev–Trinajstić information content (AvgIpc) is 3.04. The molecule has 1 aromatic heterocycles. The van der Waals surface area contributed by atoms with E-state index in [1.807, 2.05) is 13.0 Å². The van der Waals surface area contributed by atoms with Gasteiger partial charge in [-0.15, -0.1) is 0 Å². The molecule has 0 spiro atoms. The Morgan fingerprint density at radius 2 is 1.68 bits per heavy atom. The first-order valence-corrected chi connectivity index (χ1v) is 18.1. The van der Waals surface area contributed by atoms with Crippen LogP contribution >= 0.6 is 0 Å². The summed E-state index contributed by atoms with van der Waals surface area (Å²) in [6.07, 6.45) is 12.0. The van der Waals surface area contributed by atoms with Crippen LogP contribution in [-0.4, -0.2) is 68.3 Å². The highest BCUT2D eigenvalue weighted by molar-refractivity contribution is 5.36. The van der Waals surface area contributed by atoms with Gasteiger partial charge in [-0.25, -0.2) is 4.79 Å². The molecule has 2 heterocycles. The lowest BCUT2D eigenvalue weighted by atomic mass is 9.82. The quantitative estimate of drug-likeness (QED) is 0.0931. The summed E-state index contributed by atoms with van der Waals surface area (Å²) < 4.78 is 11.1. The van der Waals surface area contributed by atoms with Crippen LogP contribution in [0.3, 0.4) is 0 Å². The molecule has 9 nitrogen and oxygen atoms in total. The summed E-state index contributed by atoms with van der Waals surface area (Å²) in [6.45, 7) is 18.0. The molecule has 2 rings (SSSR count). The van der Waals surface area contributed by atoms with Crippen LogP contribution in [0, 0.1) is 23.7 Å². The molecular formula is C41H64O9. The Kier molecular flexibility index (Phi) is 17.6. The monoisotopic (exact) mass is 700 g/mol. The lowest BCUT2D eigenvalue weighted by Gasteiger charge is -2.36. The summed E-state index contributed by atoms with van der Waals surface area (Å²) in [6, 6.07) is 1.20. The second-order valence-corrected chi connectivity index (χ2v) is 15.3. The van der Waals surface area contributed by atoms with Crippen molar-refractivity contribution < 1.29 is 39.8 Å². The largest absolute Gasteiger partial charge is 0.507 e. The number of aromatic hydroxyl groups is 1. The lowest BCUT2D eigenvalue weighted by Crippen LogP contribution is -2.46. The summed E-state index contributed by atoms with van der Waals surface area (Å²) >= 11 is 0. The van der Waals surface area contributed by atoms with Crippen molar-refractivity contribution in [1.29, 1.82) is 0 Å². The number of hydrogen-bond donors (Lipinski definition) is 6. The third kappa shape index (κ3) is 13.1. The fourth-order valence-corrected chi connectivity index (χ4v) is 6.62. The van der Waals surface area contributed by atoms with Crippen LogP contribution < -0.4 is 5.63 Å². The van der Waals surface area contributed by atoms with Crippen molar-refractivity contribution in [3.8, 4) is 5.75 Å². The molecule has 0 amide bonds. The van der Waals surface area contributed by atoms with Crippen molar-refractivity contribution >= 4 is 0 Å². The molecule has 1 saturated heterocycles. The highest BCUT2D eigenvalue weighted by Crippen LogP contribution is 2.37. The van der Waals surface area contributed by atoms with Crippen molar-refractivity contribution in [2.75, 3.05) is 13.2 Å². The predicted molar refractivity (Wildman–Crippen MR) is 199 cm³/mol. The Balaban J connectivity index is 2.04. The van der Waals surface area contributed by atoms with Crippen LogP contribution in [0.2, 0.25) is 0 Å². The minimum absolute atomic E-state index is 0.0114. The molecule has 9 unspecified atom stereocenters. The van der Waals surface area contributed by atoms with E-state index in [0.29, 0.717) is 17.8 Å². The minimum Gasteiger partial charge on any atom is -0.507 e. The van der Waals surface area contributed by atoms with Crippen LogP contribution in [0.5, 0.6) is 5.75 Å². The SMILES string of the molecule is CCC(C)/C=C(C)/C=C/C=C(\C)CC(C)CC(C)CC(/C=C(C)/C=C/C(O)C(C)(C)c1cc(O)c(C2OC(CO)CC(O)C2O)c(=O)o1)CO. The Bertz CT molecular complexity index is 1420. The minimum atomic E-state index is -1.51. The van der Waals surface area contributed by atoms with Gasteiger partial charge in [-0.2, -0.15) is 0 Å². The van der Waals surface area contributed by atoms with Crippen molar-refractivity contribution in [2.45, 2.75) is 130 Å². The molecular weight excluding hydrogens is 636 g/mol. The van der Waals surface area contributed by atoms with Gasteiger partial charge < -0.3 is 39.8 Å². The highest BCUT2D eigenvalue weighted by atomic mass is 16.5. The number of aliphatic hydroxyl groups excluding tert-OH is 5. The molecule has 0 saturated carbocycles. The van der Waals surface area contributed by atoms with Gasteiger partial charge in [-0.05, 0) is 71.6 Å². The van der Waals surface area contributed by atoms with Gasteiger partial charge in [0.1, 0.15) is 29.3 Å². The topological polar surface area (TPSA) is 161 Å². The molecule has 0 aromatic carbocycles.